The lowest BCUT2D eigenvalue weighted by Crippen LogP contribution is -2.47. The van der Waals surface area contributed by atoms with Gasteiger partial charge in [-0.25, -0.2) is 4.72 Å². The molecule has 1 aliphatic rings. The molecule has 2 rings (SSSR count). The standard InChI is InChI=1S/C16H26N2O4S/c1-6-17-23(19,20)18-8-7-12-9-14(21-4)15(22-5)10-13(12)16(18)11(2)3/h9-11,16-17H,6-8H2,1-5H3. The Morgan fingerprint density at radius 3 is 2.39 bits per heavy atom. The van der Waals surface area contributed by atoms with Crippen molar-refractivity contribution in [3.63, 3.8) is 0 Å². The maximum absolute atomic E-state index is 12.5. The van der Waals surface area contributed by atoms with Crippen LogP contribution < -0.4 is 14.2 Å². The minimum absolute atomic E-state index is 0.139. The molecular weight excluding hydrogens is 316 g/mol. The van der Waals surface area contributed by atoms with Gasteiger partial charge in [-0.15, -0.1) is 0 Å². The van der Waals surface area contributed by atoms with Crippen LogP contribution in [0.3, 0.4) is 0 Å². The fourth-order valence-corrected chi connectivity index (χ4v) is 4.70. The molecule has 23 heavy (non-hydrogen) atoms. The van der Waals surface area contributed by atoms with Gasteiger partial charge >= 0.3 is 0 Å². The molecule has 6 nitrogen and oxygen atoms in total. The van der Waals surface area contributed by atoms with Crippen molar-refractivity contribution in [3.8, 4) is 11.5 Å². The van der Waals surface area contributed by atoms with Gasteiger partial charge in [0, 0.05) is 13.1 Å². The molecule has 0 aromatic heterocycles. The van der Waals surface area contributed by atoms with Gasteiger partial charge in [-0.1, -0.05) is 20.8 Å². The van der Waals surface area contributed by atoms with Gasteiger partial charge in [-0.2, -0.15) is 12.7 Å². The summed E-state index contributed by atoms with van der Waals surface area (Å²) in [7, 11) is -0.300. The zero-order valence-electron chi connectivity index (χ0n) is 14.4. The summed E-state index contributed by atoms with van der Waals surface area (Å²) in [6, 6.07) is 3.65. The van der Waals surface area contributed by atoms with Crippen molar-refractivity contribution in [1.82, 2.24) is 9.03 Å². The SMILES string of the molecule is CCNS(=O)(=O)N1CCc2cc(OC)c(OC)cc2C1C(C)C. The van der Waals surface area contributed by atoms with Gasteiger partial charge < -0.3 is 9.47 Å². The Morgan fingerprint density at radius 1 is 1.26 bits per heavy atom. The summed E-state index contributed by atoms with van der Waals surface area (Å²) in [5.74, 6) is 1.44. The van der Waals surface area contributed by atoms with Crippen molar-refractivity contribution in [2.45, 2.75) is 33.2 Å². The number of methoxy groups -OCH3 is 2. The zero-order valence-corrected chi connectivity index (χ0v) is 15.2. The Bertz CT molecular complexity index is 658. The van der Waals surface area contributed by atoms with Crippen molar-refractivity contribution >= 4 is 10.2 Å². The summed E-state index contributed by atoms with van der Waals surface area (Å²) in [6.45, 7) is 6.69. The molecule has 130 valence electrons. The lowest BCUT2D eigenvalue weighted by molar-refractivity contribution is 0.243. The maximum Gasteiger partial charge on any atom is 0.280 e. The molecule has 0 amide bonds. The fraction of sp³-hybridized carbons (Fsp3) is 0.625. The van der Waals surface area contributed by atoms with Crippen LogP contribution in [0.5, 0.6) is 11.5 Å². The molecule has 0 radical (unpaired) electrons. The van der Waals surface area contributed by atoms with E-state index in [-0.39, 0.29) is 12.0 Å². The number of nitrogens with zero attached hydrogens (tertiary/aromatic N) is 1. The van der Waals surface area contributed by atoms with E-state index in [0.717, 1.165) is 11.1 Å². The normalized spacial score (nSPS) is 18.8. The highest BCUT2D eigenvalue weighted by Gasteiger charge is 2.37. The number of hydrogen-bond donors (Lipinski definition) is 1. The second-order valence-corrected chi connectivity index (χ2v) is 7.67. The number of benzene rings is 1. The number of rotatable bonds is 6. The van der Waals surface area contributed by atoms with E-state index in [0.29, 0.717) is 31.0 Å². The molecular formula is C16H26N2O4S. The lowest BCUT2D eigenvalue weighted by atomic mass is 9.87. The zero-order chi connectivity index (χ0) is 17.2. The molecule has 0 aliphatic carbocycles. The first kappa shape index (κ1) is 18.0. The highest BCUT2D eigenvalue weighted by Crippen LogP contribution is 2.41. The third-order valence-electron chi connectivity index (χ3n) is 4.14. The van der Waals surface area contributed by atoms with E-state index in [2.05, 4.69) is 4.72 Å². The van der Waals surface area contributed by atoms with Crippen LogP contribution in [-0.4, -0.2) is 40.0 Å². The highest BCUT2D eigenvalue weighted by molar-refractivity contribution is 7.87. The summed E-state index contributed by atoms with van der Waals surface area (Å²) in [5.41, 5.74) is 2.11. The number of nitrogens with one attached hydrogen (secondary N) is 1. The van der Waals surface area contributed by atoms with E-state index in [1.165, 1.54) is 0 Å². The molecule has 1 heterocycles. The van der Waals surface area contributed by atoms with Gasteiger partial charge in [-0.3, -0.25) is 0 Å². The van der Waals surface area contributed by atoms with Crippen molar-refractivity contribution in [1.29, 1.82) is 0 Å². The fourth-order valence-electron chi connectivity index (χ4n) is 3.18. The first-order chi connectivity index (χ1) is 10.9. The molecule has 0 saturated heterocycles. The van der Waals surface area contributed by atoms with Crippen molar-refractivity contribution < 1.29 is 17.9 Å². The van der Waals surface area contributed by atoms with E-state index in [4.69, 9.17) is 9.47 Å². The predicted molar refractivity (Wildman–Crippen MR) is 90.1 cm³/mol. The van der Waals surface area contributed by atoms with Gasteiger partial charge in [0.1, 0.15) is 0 Å². The number of fused-ring (bicyclic) bond motifs is 1. The van der Waals surface area contributed by atoms with Crippen molar-refractivity contribution in [2.75, 3.05) is 27.3 Å². The average molecular weight is 342 g/mol. The molecule has 0 saturated carbocycles. The molecule has 1 atom stereocenters. The van der Waals surface area contributed by atoms with Crippen LogP contribution in [0.15, 0.2) is 12.1 Å². The van der Waals surface area contributed by atoms with E-state index in [9.17, 15) is 8.42 Å². The summed E-state index contributed by atoms with van der Waals surface area (Å²) < 4.78 is 40.0. The highest BCUT2D eigenvalue weighted by atomic mass is 32.2. The average Bonchev–Trinajstić information content (AvgIpc) is 2.51. The molecule has 1 aliphatic heterocycles. The van der Waals surface area contributed by atoms with E-state index >= 15 is 0 Å². The Kier molecular flexibility index (Phi) is 5.54. The molecule has 1 N–H and O–H groups in total. The monoisotopic (exact) mass is 342 g/mol. The van der Waals surface area contributed by atoms with Gasteiger partial charge in [-0.05, 0) is 35.6 Å². The van der Waals surface area contributed by atoms with Crippen LogP contribution in [0.1, 0.15) is 37.9 Å². The third-order valence-corrected chi connectivity index (χ3v) is 5.82. The van der Waals surface area contributed by atoms with Gasteiger partial charge in [0.15, 0.2) is 11.5 Å². The molecule has 1 aromatic rings. The molecule has 7 heteroatoms. The summed E-state index contributed by atoms with van der Waals surface area (Å²) >= 11 is 0. The van der Waals surface area contributed by atoms with Crippen molar-refractivity contribution in [3.05, 3.63) is 23.3 Å². The second kappa shape index (κ2) is 7.07. The minimum atomic E-state index is -3.49. The van der Waals surface area contributed by atoms with E-state index in [1.807, 2.05) is 26.0 Å². The van der Waals surface area contributed by atoms with E-state index in [1.54, 1.807) is 25.4 Å². The van der Waals surface area contributed by atoms with Gasteiger partial charge in [0.05, 0.1) is 20.3 Å². The van der Waals surface area contributed by atoms with Crippen LogP contribution in [0.4, 0.5) is 0 Å². The molecule has 0 fully saturated rings. The topological polar surface area (TPSA) is 67.9 Å². The first-order valence-electron chi connectivity index (χ1n) is 7.86. The second-order valence-electron chi connectivity index (χ2n) is 5.96. The summed E-state index contributed by atoms with van der Waals surface area (Å²) in [5, 5.41) is 0. The van der Waals surface area contributed by atoms with Crippen LogP contribution in [0.25, 0.3) is 0 Å². The van der Waals surface area contributed by atoms with Gasteiger partial charge in [0.2, 0.25) is 0 Å². The van der Waals surface area contributed by atoms with Crippen LogP contribution in [0.2, 0.25) is 0 Å². The lowest BCUT2D eigenvalue weighted by Gasteiger charge is -2.38. The smallest absolute Gasteiger partial charge is 0.280 e. The molecule has 0 bridgehead atoms. The molecule has 0 spiro atoms. The van der Waals surface area contributed by atoms with Crippen molar-refractivity contribution in [2.24, 2.45) is 5.92 Å². The third kappa shape index (κ3) is 3.46. The number of ether oxygens (including phenoxy) is 2. The van der Waals surface area contributed by atoms with Crippen LogP contribution in [-0.2, 0) is 16.6 Å². The maximum atomic E-state index is 12.5. The summed E-state index contributed by atoms with van der Waals surface area (Å²) in [6.07, 6.45) is 0.656. The Labute approximate surface area is 139 Å². The quantitative estimate of drug-likeness (QED) is 0.860. The summed E-state index contributed by atoms with van der Waals surface area (Å²) in [4.78, 5) is 0. The minimum Gasteiger partial charge on any atom is -0.493 e. The van der Waals surface area contributed by atoms with E-state index < -0.39 is 10.2 Å². The Balaban J connectivity index is 2.54. The largest absolute Gasteiger partial charge is 0.493 e. The molecule has 1 aromatic carbocycles. The molecule has 1 unspecified atom stereocenters. The Hall–Kier alpha value is -1.31. The van der Waals surface area contributed by atoms with Gasteiger partial charge in [0.25, 0.3) is 10.2 Å². The van der Waals surface area contributed by atoms with Crippen LogP contribution in [0, 0.1) is 5.92 Å². The first-order valence-corrected chi connectivity index (χ1v) is 9.30. The number of hydrogen-bond acceptors (Lipinski definition) is 4. The predicted octanol–water partition coefficient (Wildman–Crippen LogP) is 2.11. The Morgan fingerprint density at radius 2 is 1.87 bits per heavy atom. The van der Waals surface area contributed by atoms with Crippen LogP contribution >= 0.6 is 0 Å².